The van der Waals surface area contributed by atoms with Gasteiger partial charge < -0.3 is 10.3 Å². The Morgan fingerprint density at radius 1 is 1.18 bits per heavy atom. The van der Waals surface area contributed by atoms with Crippen LogP contribution in [0.1, 0.15) is 46.0 Å². The van der Waals surface area contributed by atoms with Gasteiger partial charge in [0.25, 0.3) is 0 Å². The molecule has 22 heavy (non-hydrogen) atoms. The number of hydrogen-bond donors (Lipinski definition) is 2. The van der Waals surface area contributed by atoms with Crippen LogP contribution in [0.15, 0.2) is 28.7 Å². The number of Topliss-reactive ketones (excluding diaryl/α,β-unsaturated/α-hetero) is 2. The molecular formula is C17H19BrN2O2. The van der Waals surface area contributed by atoms with Gasteiger partial charge in [0.15, 0.2) is 5.78 Å². The van der Waals surface area contributed by atoms with E-state index in [1.807, 2.05) is 38.1 Å². The minimum Gasteiger partial charge on any atom is -0.375 e. The molecule has 1 heterocycles. The number of aromatic nitrogens is 1. The number of anilines is 1. The van der Waals surface area contributed by atoms with Gasteiger partial charge in [0.2, 0.25) is 5.78 Å². The van der Waals surface area contributed by atoms with Gasteiger partial charge >= 0.3 is 0 Å². The zero-order chi connectivity index (χ0) is 16.4. The number of aryl methyl sites for hydroxylation is 1. The van der Waals surface area contributed by atoms with E-state index in [0.717, 1.165) is 21.4 Å². The number of carbonyl (C=O) groups excluding carboxylic acids is 2. The second-order valence-electron chi connectivity index (χ2n) is 5.42. The van der Waals surface area contributed by atoms with Gasteiger partial charge in [0.1, 0.15) is 0 Å². The molecule has 116 valence electrons. The second-order valence-corrected chi connectivity index (χ2v) is 6.33. The Morgan fingerprint density at radius 2 is 1.77 bits per heavy atom. The minimum absolute atomic E-state index is 0.0289. The first-order valence-electron chi connectivity index (χ1n) is 7.07. The van der Waals surface area contributed by atoms with E-state index >= 15 is 0 Å². The largest absolute Gasteiger partial charge is 0.375 e. The fourth-order valence-corrected chi connectivity index (χ4v) is 2.87. The van der Waals surface area contributed by atoms with Crippen molar-refractivity contribution in [2.24, 2.45) is 0 Å². The molecule has 2 aromatic rings. The summed E-state index contributed by atoms with van der Waals surface area (Å²) in [6.45, 7) is 6.95. The van der Waals surface area contributed by atoms with Crippen LogP contribution in [0.25, 0.3) is 0 Å². The molecular weight excluding hydrogens is 344 g/mol. The smallest absolute Gasteiger partial charge is 0.201 e. The van der Waals surface area contributed by atoms with Crippen LogP contribution >= 0.6 is 15.9 Å². The van der Waals surface area contributed by atoms with E-state index in [4.69, 9.17) is 0 Å². The normalized spacial score (nSPS) is 12.0. The minimum atomic E-state index is -0.391. The van der Waals surface area contributed by atoms with Crippen LogP contribution in [0.5, 0.6) is 0 Å². The van der Waals surface area contributed by atoms with E-state index in [1.54, 1.807) is 6.92 Å². The zero-order valence-electron chi connectivity index (χ0n) is 13.1. The molecule has 1 atom stereocenters. The van der Waals surface area contributed by atoms with Crippen molar-refractivity contribution >= 4 is 33.2 Å². The van der Waals surface area contributed by atoms with E-state index in [2.05, 4.69) is 26.2 Å². The van der Waals surface area contributed by atoms with Crippen LogP contribution in [0.2, 0.25) is 0 Å². The van der Waals surface area contributed by atoms with Gasteiger partial charge in [-0.15, -0.1) is 0 Å². The Kier molecular flexibility index (Phi) is 4.86. The van der Waals surface area contributed by atoms with Crippen molar-refractivity contribution in [1.82, 2.24) is 4.98 Å². The van der Waals surface area contributed by atoms with Gasteiger partial charge in [-0.05, 0) is 57.5 Å². The molecule has 0 radical (unpaired) electrons. The van der Waals surface area contributed by atoms with Crippen LogP contribution in [0, 0.1) is 13.8 Å². The fraction of sp³-hybridized carbons (Fsp3) is 0.294. The average Bonchev–Trinajstić information content (AvgIpc) is 2.75. The number of benzene rings is 1. The second kappa shape index (κ2) is 6.48. The van der Waals surface area contributed by atoms with Crippen molar-refractivity contribution in [2.45, 2.75) is 33.7 Å². The van der Waals surface area contributed by atoms with Crippen molar-refractivity contribution in [3.63, 3.8) is 0 Å². The first-order valence-corrected chi connectivity index (χ1v) is 7.87. The van der Waals surface area contributed by atoms with Gasteiger partial charge in [-0.3, -0.25) is 9.59 Å². The lowest BCUT2D eigenvalue weighted by molar-refractivity contribution is 0.0970. The molecule has 0 fully saturated rings. The van der Waals surface area contributed by atoms with Gasteiger partial charge in [-0.1, -0.05) is 15.9 Å². The highest BCUT2D eigenvalue weighted by molar-refractivity contribution is 9.10. The number of nitrogens with one attached hydrogen (secondary N) is 2. The molecule has 0 bridgehead atoms. The molecule has 0 saturated carbocycles. The molecule has 0 amide bonds. The van der Waals surface area contributed by atoms with Gasteiger partial charge in [0.05, 0.1) is 11.7 Å². The van der Waals surface area contributed by atoms with Crippen LogP contribution < -0.4 is 5.32 Å². The molecule has 4 nitrogen and oxygen atoms in total. The predicted molar refractivity (Wildman–Crippen MR) is 91.8 cm³/mol. The topological polar surface area (TPSA) is 62.0 Å². The highest BCUT2D eigenvalue weighted by Crippen LogP contribution is 2.21. The number of halogens is 1. The molecule has 0 aliphatic rings. The molecule has 0 spiro atoms. The molecule has 5 heteroatoms. The maximum atomic E-state index is 12.6. The number of H-pyrrole nitrogens is 1. The van der Waals surface area contributed by atoms with Crippen molar-refractivity contribution < 1.29 is 9.59 Å². The van der Waals surface area contributed by atoms with E-state index in [-0.39, 0.29) is 11.6 Å². The monoisotopic (exact) mass is 362 g/mol. The number of ketones is 2. The highest BCUT2D eigenvalue weighted by atomic mass is 79.9. The maximum Gasteiger partial charge on any atom is 0.201 e. The summed E-state index contributed by atoms with van der Waals surface area (Å²) in [4.78, 5) is 27.3. The van der Waals surface area contributed by atoms with E-state index in [9.17, 15) is 9.59 Å². The summed E-state index contributed by atoms with van der Waals surface area (Å²) in [7, 11) is 0. The quantitative estimate of drug-likeness (QED) is 0.780. The Balaban J connectivity index is 2.22. The average molecular weight is 363 g/mol. The summed E-state index contributed by atoms with van der Waals surface area (Å²) >= 11 is 3.38. The summed E-state index contributed by atoms with van der Waals surface area (Å²) in [5.74, 6) is -0.0881. The van der Waals surface area contributed by atoms with Gasteiger partial charge in [-0.2, -0.15) is 0 Å². The van der Waals surface area contributed by atoms with Crippen LogP contribution in [-0.2, 0) is 0 Å². The standard InChI is InChI=1S/C17H19BrN2O2/c1-9-15(12(4)21)10(2)20-16(9)17(22)11(3)19-14-7-5-13(18)6-8-14/h5-8,11,19-20H,1-4H3. The van der Waals surface area contributed by atoms with E-state index in [1.165, 1.54) is 6.92 Å². The molecule has 2 N–H and O–H groups in total. The summed E-state index contributed by atoms with van der Waals surface area (Å²) in [5.41, 5.74) is 3.44. The fourth-order valence-electron chi connectivity index (χ4n) is 2.60. The Hall–Kier alpha value is -1.88. The van der Waals surface area contributed by atoms with Crippen molar-refractivity contribution in [3.8, 4) is 0 Å². The molecule has 1 aromatic carbocycles. The van der Waals surface area contributed by atoms with E-state index in [0.29, 0.717) is 11.3 Å². The SMILES string of the molecule is CC(=O)c1c(C)[nH]c(C(=O)C(C)Nc2ccc(Br)cc2)c1C. The number of aromatic amines is 1. The van der Waals surface area contributed by atoms with Gasteiger partial charge in [0, 0.05) is 21.4 Å². The molecule has 2 rings (SSSR count). The van der Waals surface area contributed by atoms with Crippen molar-refractivity contribution in [3.05, 3.63) is 51.3 Å². The molecule has 0 saturated heterocycles. The van der Waals surface area contributed by atoms with Gasteiger partial charge in [-0.25, -0.2) is 0 Å². The lowest BCUT2D eigenvalue weighted by atomic mass is 10.0. The third kappa shape index (κ3) is 3.30. The lowest BCUT2D eigenvalue weighted by Crippen LogP contribution is -2.27. The summed E-state index contributed by atoms with van der Waals surface area (Å²) in [5, 5.41) is 3.18. The third-order valence-electron chi connectivity index (χ3n) is 3.66. The number of rotatable bonds is 5. The van der Waals surface area contributed by atoms with Crippen LogP contribution in [-0.4, -0.2) is 22.6 Å². The lowest BCUT2D eigenvalue weighted by Gasteiger charge is -2.14. The molecule has 1 unspecified atom stereocenters. The van der Waals surface area contributed by atoms with Crippen molar-refractivity contribution in [1.29, 1.82) is 0 Å². The maximum absolute atomic E-state index is 12.6. The number of hydrogen-bond acceptors (Lipinski definition) is 3. The Morgan fingerprint density at radius 3 is 2.27 bits per heavy atom. The number of carbonyl (C=O) groups is 2. The Labute approximate surface area is 138 Å². The zero-order valence-corrected chi connectivity index (χ0v) is 14.7. The van der Waals surface area contributed by atoms with Crippen LogP contribution in [0.4, 0.5) is 5.69 Å². The van der Waals surface area contributed by atoms with E-state index < -0.39 is 6.04 Å². The first kappa shape index (κ1) is 16.5. The predicted octanol–water partition coefficient (Wildman–Crippen LogP) is 4.28. The molecule has 0 aliphatic heterocycles. The summed E-state index contributed by atoms with van der Waals surface area (Å²) < 4.78 is 0.985. The Bertz CT molecular complexity index is 717. The molecule has 0 aliphatic carbocycles. The first-order chi connectivity index (χ1) is 10.3. The molecule has 1 aromatic heterocycles. The van der Waals surface area contributed by atoms with Crippen LogP contribution in [0.3, 0.4) is 0 Å². The summed E-state index contributed by atoms with van der Waals surface area (Å²) in [6, 6.07) is 7.25. The van der Waals surface area contributed by atoms with Crippen molar-refractivity contribution in [2.75, 3.05) is 5.32 Å². The highest BCUT2D eigenvalue weighted by Gasteiger charge is 2.23. The third-order valence-corrected chi connectivity index (χ3v) is 4.19. The summed E-state index contributed by atoms with van der Waals surface area (Å²) in [6.07, 6.45) is 0.